The molecule has 4 aromatic carbocycles. The molecule has 0 aliphatic rings. The number of carbonyl (C=O) groups excluding carboxylic acids is 2. The molecule has 0 unspecified atom stereocenters. The Labute approximate surface area is 193 Å². The molecule has 0 heterocycles. The Hall–Kier alpha value is -4.98. The summed E-state index contributed by atoms with van der Waals surface area (Å²) < 4.78 is 0. The molecule has 0 atom stereocenters. The third-order valence-electron chi connectivity index (χ3n) is 4.70. The van der Waals surface area contributed by atoms with Crippen molar-refractivity contribution in [1.82, 2.24) is 0 Å². The molecule has 34 heavy (non-hydrogen) atoms. The first kappa shape index (κ1) is 23.7. The monoisotopic (exact) mass is 460 g/mol. The Morgan fingerprint density at radius 1 is 0.471 bits per heavy atom. The Kier molecular flexibility index (Phi) is 7.03. The second kappa shape index (κ2) is 10.1. The summed E-state index contributed by atoms with van der Waals surface area (Å²) in [6.45, 7) is 0. The highest BCUT2D eigenvalue weighted by molar-refractivity contribution is 6.12. The molecule has 8 nitrogen and oxygen atoms in total. The van der Waals surface area contributed by atoms with E-state index in [-0.39, 0.29) is 39.9 Å². The number of ketones is 2. The van der Waals surface area contributed by atoms with E-state index in [2.05, 4.69) is 0 Å². The Morgan fingerprint density at radius 2 is 0.971 bits per heavy atom. The second-order valence-electron chi connectivity index (χ2n) is 7.13. The van der Waals surface area contributed by atoms with Gasteiger partial charge in [0, 0.05) is 29.3 Å². The topological polar surface area (TPSA) is 156 Å². The van der Waals surface area contributed by atoms with E-state index >= 15 is 0 Å². The van der Waals surface area contributed by atoms with Crippen LogP contribution in [-0.2, 0) is 0 Å². The molecule has 0 radical (unpaired) electrons. The highest BCUT2D eigenvalue weighted by atomic mass is 16.3. The van der Waals surface area contributed by atoms with Crippen LogP contribution < -0.4 is 0 Å². The van der Waals surface area contributed by atoms with Gasteiger partial charge < -0.3 is 30.6 Å². The quantitative estimate of drug-likeness (QED) is 0.249. The summed E-state index contributed by atoms with van der Waals surface area (Å²) in [5, 5.41) is 56.0. The van der Waals surface area contributed by atoms with Gasteiger partial charge in [0.15, 0.2) is 5.78 Å². The van der Waals surface area contributed by atoms with Crippen LogP contribution in [0.25, 0.3) is 0 Å². The van der Waals surface area contributed by atoms with Crippen LogP contribution in [0.3, 0.4) is 0 Å². The normalized spacial score (nSPS) is 10.1. The minimum absolute atomic E-state index is 0.0662. The molecule has 0 aromatic heterocycles. The van der Waals surface area contributed by atoms with Crippen LogP contribution in [0.15, 0.2) is 84.9 Å². The van der Waals surface area contributed by atoms with E-state index in [1.54, 1.807) is 30.3 Å². The van der Waals surface area contributed by atoms with Gasteiger partial charge in [-0.2, -0.15) is 0 Å². The third-order valence-corrected chi connectivity index (χ3v) is 4.70. The van der Waals surface area contributed by atoms with Crippen LogP contribution in [-0.4, -0.2) is 42.2 Å². The lowest BCUT2D eigenvalue weighted by atomic mass is 10.0. The maximum Gasteiger partial charge on any atom is 0.200 e. The molecule has 0 fully saturated rings. The fourth-order valence-corrected chi connectivity index (χ4v) is 3.04. The molecule has 0 saturated carbocycles. The molecule has 0 bridgehead atoms. The molecule has 6 N–H and O–H groups in total. The standard InChI is InChI=1S/2C13H10O4/c14-9-3-1-8(2-4-9)13(17)11-6-5-10(15)7-12(11)16;14-9-6-10(15)12(11(16)7-9)13(17)8-4-2-1-3-5-8/h2*1-7,14-16H. The highest BCUT2D eigenvalue weighted by Gasteiger charge is 2.19. The van der Waals surface area contributed by atoms with Crippen LogP contribution >= 0.6 is 0 Å². The minimum atomic E-state index is -0.499. The number of carbonyl (C=O) groups is 2. The van der Waals surface area contributed by atoms with Crippen molar-refractivity contribution in [2.24, 2.45) is 0 Å². The molecule has 4 aromatic rings. The molecule has 0 amide bonds. The van der Waals surface area contributed by atoms with Crippen LogP contribution in [0, 0.1) is 0 Å². The molecule has 0 spiro atoms. The largest absolute Gasteiger partial charge is 0.508 e. The first-order valence-corrected chi connectivity index (χ1v) is 9.87. The van der Waals surface area contributed by atoms with Crippen LogP contribution in [0.4, 0.5) is 0 Å². The number of phenols is 6. The van der Waals surface area contributed by atoms with Gasteiger partial charge >= 0.3 is 0 Å². The van der Waals surface area contributed by atoms with Gasteiger partial charge in [0.05, 0.1) is 5.56 Å². The molecule has 172 valence electrons. The van der Waals surface area contributed by atoms with Gasteiger partial charge in [-0.3, -0.25) is 9.59 Å². The Bertz CT molecular complexity index is 1310. The first-order valence-electron chi connectivity index (χ1n) is 9.87. The van der Waals surface area contributed by atoms with E-state index < -0.39 is 17.3 Å². The van der Waals surface area contributed by atoms with Gasteiger partial charge in [-0.15, -0.1) is 0 Å². The van der Waals surface area contributed by atoms with Gasteiger partial charge in [-0.25, -0.2) is 0 Å². The molecule has 0 saturated heterocycles. The van der Waals surface area contributed by atoms with Crippen molar-refractivity contribution in [2.45, 2.75) is 0 Å². The summed E-state index contributed by atoms with van der Waals surface area (Å²) in [4.78, 5) is 24.0. The summed E-state index contributed by atoms with van der Waals surface area (Å²) in [5.41, 5.74) is 0.593. The van der Waals surface area contributed by atoms with E-state index in [0.717, 1.165) is 18.2 Å². The molecule has 4 rings (SSSR count). The molecular weight excluding hydrogens is 440 g/mol. The number of aromatic hydroxyl groups is 6. The minimum Gasteiger partial charge on any atom is -0.508 e. The predicted octanol–water partition coefficient (Wildman–Crippen LogP) is 4.07. The summed E-state index contributed by atoms with van der Waals surface area (Å²) in [6.07, 6.45) is 0. The van der Waals surface area contributed by atoms with Gasteiger partial charge in [-0.05, 0) is 36.4 Å². The number of hydrogen-bond acceptors (Lipinski definition) is 8. The van der Waals surface area contributed by atoms with Crippen molar-refractivity contribution < 1.29 is 40.2 Å². The van der Waals surface area contributed by atoms with Crippen molar-refractivity contribution in [3.05, 3.63) is 107 Å². The van der Waals surface area contributed by atoms with Crippen molar-refractivity contribution in [2.75, 3.05) is 0 Å². The smallest absolute Gasteiger partial charge is 0.200 e. The average molecular weight is 460 g/mol. The van der Waals surface area contributed by atoms with Gasteiger partial charge in [-0.1, -0.05) is 30.3 Å². The highest BCUT2D eigenvalue weighted by Crippen LogP contribution is 2.33. The van der Waals surface area contributed by atoms with E-state index in [0.29, 0.717) is 11.1 Å². The lowest BCUT2D eigenvalue weighted by molar-refractivity contribution is 0.102. The summed E-state index contributed by atoms with van der Waals surface area (Å²) in [6, 6.07) is 19.8. The van der Waals surface area contributed by atoms with Gasteiger partial charge in [0.1, 0.15) is 40.1 Å². The zero-order valence-corrected chi connectivity index (χ0v) is 17.6. The summed E-state index contributed by atoms with van der Waals surface area (Å²) in [7, 11) is 0. The molecular formula is C26H20O8. The summed E-state index contributed by atoms with van der Waals surface area (Å²) >= 11 is 0. The van der Waals surface area contributed by atoms with E-state index in [4.69, 9.17) is 15.3 Å². The molecule has 0 aliphatic carbocycles. The average Bonchev–Trinajstić information content (AvgIpc) is 2.79. The lowest BCUT2D eigenvalue weighted by Gasteiger charge is -2.07. The van der Waals surface area contributed by atoms with Crippen molar-refractivity contribution in [3.8, 4) is 34.5 Å². The van der Waals surface area contributed by atoms with E-state index in [1.165, 1.54) is 36.4 Å². The maximum absolute atomic E-state index is 12.0. The fourth-order valence-electron chi connectivity index (χ4n) is 3.04. The van der Waals surface area contributed by atoms with Crippen LogP contribution in [0.5, 0.6) is 34.5 Å². The number of hydrogen-bond donors (Lipinski definition) is 6. The van der Waals surface area contributed by atoms with Crippen molar-refractivity contribution >= 4 is 11.6 Å². The maximum atomic E-state index is 12.0. The first-order chi connectivity index (χ1) is 16.2. The van der Waals surface area contributed by atoms with Crippen LogP contribution in [0.1, 0.15) is 31.8 Å². The zero-order chi connectivity index (χ0) is 24.8. The SMILES string of the molecule is O=C(c1ccc(O)cc1)c1ccc(O)cc1O.O=C(c1ccccc1)c1c(O)cc(O)cc1O. The lowest BCUT2D eigenvalue weighted by Crippen LogP contribution is -2.01. The fraction of sp³-hybridized carbons (Fsp3) is 0. The molecule has 0 aliphatic heterocycles. The zero-order valence-electron chi connectivity index (χ0n) is 17.6. The van der Waals surface area contributed by atoms with E-state index in [9.17, 15) is 24.9 Å². The van der Waals surface area contributed by atoms with Gasteiger partial charge in [0.25, 0.3) is 0 Å². The van der Waals surface area contributed by atoms with Crippen LogP contribution in [0.2, 0.25) is 0 Å². The number of phenolic OH excluding ortho intramolecular Hbond substituents is 6. The second-order valence-corrected chi connectivity index (χ2v) is 7.13. The molecule has 8 heteroatoms. The van der Waals surface area contributed by atoms with Crippen molar-refractivity contribution in [3.63, 3.8) is 0 Å². The number of benzene rings is 4. The summed E-state index contributed by atoms with van der Waals surface area (Å²) in [5.74, 6) is -2.38. The van der Waals surface area contributed by atoms with Gasteiger partial charge in [0.2, 0.25) is 5.78 Å². The third kappa shape index (κ3) is 5.43. The Balaban J connectivity index is 0.000000191. The van der Waals surface area contributed by atoms with Crippen molar-refractivity contribution in [1.29, 1.82) is 0 Å². The predicted molar refractivity (Wildman–Crippen MR) is 123 cm³/mol. The Morgan fingerprint density at radius 3 is 1.53 bits per heavy atom. The van der Waals surface area contributed by atoms with E-state index in [1.807, 2.05) is 0 Å². The number of rotatable bonds is 4.